The third-order valence-electron chi connectivity index (χ3n) is 3.23. The molecule has 1 aliphatic rings. The van der Waals surface area contributed by atoms with Crippen LogP contribution in [-0.2, 0) is 6.67 Å². The zero-order chi connectivity index (χ0) is 12.4. The minimum Gasteiger partial charge on any atom is -0.408 e. The number of benzene rings is 1. The molecule has 2 aromatic rings. The first-order valence-corrected chi connectivity index (χ1v) is 7.38. The number of rotatable bonds is 2. The van der Waals surface area contributed by atoms with Crippen LogP contribution < -0.4 is 5.76 Å². The van der Waals surface area contributed by atoms with Crippen molar-refractivity contribution in [3.8, 4) is 0 Å². The highest BCUT2D eigenvalue weighted by Crippen LogP contribution is 2.14. The van der Waals surface area contributed by atoms with Gasteiger partial charge < -0.3 is 4.42 Å². The van der Waals surface area contributed by atoms with Gasteiger partial charge in [0.05, 0.1) is 12.2 Å². The third-order valence-corrected chi connectivity index (χ3v) is 4.28. The van der Waals surface area contributed by atoms with Gasteiger partial charge in [0.2, 0.25) is 0 Å². The molecule has 3 rings (SSSR count). The van der Waals surface area contributed by atoms with Crippen molar-refractivity contribution in [2.45, 2.75) is 13.1 Å². The van der Waals surface area contributed by atoms with E-state index >= 15 is 0 Å². The highest BCUT2D eigenvalue weighted by Gasteiger charge is 2.14. The number of hydrogen-bond acceptors (Lipinski definition) is 4. The number of para-hydroxylation sites is 2. The van der Waals surface area contributed by atoms with Crippen molar-refractivity contribution in [2.24, 2.45) is 0 Å². The predicted octanol–water partition coefficient (Wildman–Crippen LogP) is 1.99. The lowest BCUT2D eigenvalue weighted by Gasteiger charge is -2.19. The molecule has 4 nitrogen and oxygen atoms in total. The summed E-state index contributed by atoms with van der Waals surface area (Å²) in [4.78, 5) is 14.2. The van der Waals surface area contributed by atoms with E-state index in [0.717, 1.165) is 24.4 Å². The average molecular weight is 264 g/mol. The first-order chi connectivity index (χ1) is 8.84. The molecule has 0 bridgehead atoms. The van der Waals surface area contributed by atoms with Gasteiger partial charge in [-0.05, 0) is 24.3 Å². The van der Waals surface area contributed by atoms with Crippen LogP contribution in [-0.4, -0.2) is 34.1 Å². The number of thioether (sulfide) groups is 1. The van der Waals surface area contributed by atoms with Crippen LogP contribution in [0.4, 0.5) is 0 Å². The summed E-state index contributed by atoms with van der Waals surface area (Å²) in [5.41, 5.74) is 1.56. The van der Waals surface area contributed by atoms with Gasteiger partial charge in [0.15, 0.2) is 5.58 Å². The zero-order valence-electron chi connectivity index (χ0n) is 10.2. The van der Waals surface area contributed by atoms with E-state index in [2.05, 4.69) is 4.90 Å². The van der Waals surface area contributed by atoms with Gasteiger partial charge in [0, 0.05) is 18.8 Å². The molecule has 1 aliphatic heterocycles. The van der Waals surface area contributed by atoms with E-state index in [4.69, 9.17) is 4.42 Å². The summed E-state index contributed by atoms with van der Waals surface area (Å²) in [5.74, 6) is 2.11. The van der Waals surface area contributed by atoms with Gasteiger partial charge in [-0.3, -0.25) is 9.47 Å². The maximum Gasteiger partial charge on any atom is 0.421 e. The highest BCUT2D eigenvalue weighted by molar-refractivity contribution is 7.99. The highest BCUT2D eigenvalue weighted by atomic mass is 32.2. The molecule has 18 heavy (non-hydrogen) atoms. The van der Waals surface area contributed by atoms with Crippen LogP contribution in [0.15, 0.2) is 33.5 Å². The first-order valence-electron chi connectivity index (χ1n) is 6.23. The van der Waals surface area contributed by atoms with E-state index in [0.29, 0.717) is 12.3 Å². The molecule has 0 amide bonds. The Morgan fingerprint density at radius 1 is 1.22 bits per heavy atom. The number of aromatic nitrogens is 1. The topological polar surface area (TPSA) is 38.4 Å². The van der Waals surface area contributed by atoms with Crippen LogP contribution >= 0.6 is 11.8 Å². The Morgan fingerprint density at radius 3 is 3.06 bits per heavy atom. The van der Waals surface area contributed by atoms with E-state index < -0.39 is 0 Å². The molecule has 1 saturated heterocycles. The Hall–Kier alpha value is -1.20. The summed E-state index contributed by atoms with van der Waals surface area (Å²) < 4.78 is 6.97. The Balaban J connectivity index is 1.89. The first kappa shape index (κ1) is 11.9. The van der Waals surface area contributed by atoms with Gasteiger partial charge in [-0.15, -0.1) is 0 Å². The van der Waals surface area contributed by atoms with Gasteiger partial charge in [0.25, 0.3) is 0 Å². The zero-order valence-corrected chi connectivity index (χ0v) is 11.0. The van der Waals surface area contributed by atoms with Crippen LogP contribution in [0.2, 0.25) is 0 Å². The Bertz CT molecular complexity index is 582. The van der Waals surface area contributed by atoms with Gasteiger partial charge in [-0.25, -0.2) is 4.79 Å². The molecule has 0 aliphatic carbocycles. The fourth-order valence-corrected chi connectivity index (χ4v) is 3.21. The molecule has 96 valence electrons. The second-order valence-electron chi connectivity index (χ2n) is 4.49. The van der Waals surface area contributed by atoms with Crippen molar-refractivity contribution in [1.29, 1.82) is 0 Å². The molecular weight excluding hydrogens is 248 g/mol. The van der Waals surface area contributed by atoms with Crippen molar-refractivity contribution in [3.05, 3.63) is 34.8 Å². The lowest BCUT2D eigenvalue weighted by Crippen LogP contribution is -2.32. The molecule has 0 saturated carbocycles. The summed E-state index contributed by atoms with van der Waals surface area (Å²) in [6, 6.07) is 7.60. The summed E-state index contributed by atoms with van der Waals surface area (Å²) >= 11 is 1.99. The number of oxazole rings is 1. The van der Waals surface area contributed by atoms with Crippen LogP contribution in [0.25, 0.3) is 11.1 Å². The summed E-state index contributed by atoms with van der Waals surface area (Å²) in [7, 11) is 0. The maximum atomic E-state index is 11.9. The molecule has 1 fully saturated rings. The molecular formula is C13H16N2O2S. The minimum atomic E-state index is -0.256. The number of hydrogen-bond donors (Lipinski definition) is 0. The smallest absolute Gasteiger partial charge is 0.408 e. The summed E-state index contributed by atoms with van der Waals surface area (Å²) in [6.07, 6.45) is 1.19. The Kier molecular flexibility index (Phi) is 3.43. The molecule has 5 heteroatoms. The van der Waals surface area contributed by atoms with Crippen LogP contribution in [0, 0.1) is 0 Å². The van der Waals surface area contributed by atoms with Crippen molar-refractivity contribution >= 4 is 22.9 Å². The van der Waals surface area contributed by atoms with E-state index in [1.165, 1.54) is 12.2 Å². The molecule has 0 unspecified atom stereocenters. The SMILES string of the molecule is O=c1oc2ccccc2n1CN1CCCSCC1. The molecule has 0 radical (unpaired) electrons. The number of fused-ring (bicyclic) bond motifs is 1. The van der Waals surface area contributed by atoms with E-state index in [1.807, 2.05) is 36.0 Å². The Morgan fingerprint density at radius 2 is 2.11 bits per heavy atom. The monoisotopic (exact) mass is 264 g/mol. The van der Waals surface area contributed by atoms with Gasteiger partial charge in [0.1, 0.15) is 0 Å². The molecule has 1 aromatic carbocycles. The normalized spacial score (nSPS) is 18.0. The second kappa shape index (κ2) is 5.20. The second-order valence-corrected chi connectivity index (χ2v) is 5.71. The van der Waals surface area contributed by atoms with Crippen LogP contribution in [0.3, 0.4) is 0 Å². The van der Waals surface area contributed by atoms with Gasteiger partial charge in [-0.2, -0.15) is 11.8 Å². The van der Waals surface area contributed by atoms with E-state index in [9.17, 15) is 4.79 Å². The quantitative estimate of drug-likeness (QED) is 0.831. The Labute approximate surface area is 110 Å². The maximum absolute atomic E-state index is 11.9. The molecule has 0 atom stereocenters. The minimum absolute atomic E-state index is 0.256. The van der Waals surface area contributed by atoms with Crippen molar-refractivity contribution < 1.29 is 4.42 Å². The fourth-order valence-electron chi connectivity index (χ4n) is 2.29. The summed E-state index contributed by atoms with van der Waals surface area (Å²) in [5, 5.41) is 0. The van der Waals surface area contributed by atoms with Crippen LogP contribution in [0.1, 0.15) is 6.42 Å². The average Bonchev–Trinajstić information content (AvgIpc) is 2.57. The lowest BCUT2D eigenvalue weighted by atomic mass is 10.3. The van der Waals surface area contributed by atoms with Gasteiger partial charge >= 0.3 is 5.76 Å². The molecule has 1 aromatic heterocycles. The van der Waals surface area contributed by atoms with Crippen molar-refractivity contribution in [2.75, 3.05) is 24.6 Å². The standard InChI is InChI=1S/C13H16N2O2S/c16-13-15(10-14-6-3-8-18-9-7-14)11-4-1-2-5-12(11)17-13/h1-2,4-5H,3,6-10H2. The predicted molar refractivity (Wildman–Crippen MR) is 74.0 cm³/mol. The number of nitrogens with zero attached hydrogens (tertiary/aromatic N) is 2. The van der Waals surface area contributed by atoms with Crippen molar-refractivity contribution in [1.82, 2.24) is 9.47 Å². The van der Waals surface area contributed by atoms with Crippen LogP contribution in [0.5, 0.6) is 0 Å². The van der Waals surface area contributed by atoms with E-state index in [1.54, 1.807) is 4.57 Å². The third kappa shape index (κ3) is 2.33. The van der Waals surface area contributed by atoms with Gasteiger partial charge in [-0.1, -0.05) is 12.1 Å². The largest absolute Gasteiger partial charge is 0.421 e. The summed E-state index contributed by atoms with van der Waals surface area (Å²) in [6.45, 7) is 2.73. The lowest BCUT2D eigenvalue weighted by molar-refractivity contribution is 0.230. The molecule has 0 N–H and O–H groups in total. The fraction of sp³-hybridized carbons (Fsp3) is 0.462. The molecule has 0 spiro atoms. The molecule has 2 heterocycles. The van der Waals surface area contributed by atoms with E-state index in [-0.39, 0.29) is 5.76 Å². The van der Waals surface area contributed by atoms with Crippen molar-refractivity contribution in [3.63, 3.8) is 0 Å².